The van der Waals surface area contributed by atoms with Gasteiger partial charge in [-0.15, -0.1) is 24.0 Å². The van der Waals surface area contributed by atoms with Crippen LogP contribution in [0.2, 0.25) is 0 Å². The van der Waals surface area contributed by atoms with Crippen molar-refractivity contribution < 1.29 is 4.79 Å². The van der Waals surface area contributed by atoms with E-state index in [1.54, 1.807) is 7.05 Å². The summed E-state index contributed by atoms with van der Waals surface area (Å²) in [6, 6.07) is 11.0. The van der Waals surface area contributed by atoms with Crippen LogP contribution in [0.25, 0.3) is 0 Å². The van der Waals surface area contributed by atoms with Gasteiger partial charge in [0.1, 0.15) is 0 Å². The van der Waals surface area contributed by atoms with E-state index in [-0.39, 0.29) is 29.9 Å². The minimum absolute atomic E-state index is 0. The van der Waals surface area contributed by atoms with Gasteiger partial charge < -0.3 is 15.5 Å². The Morgan fingerprint density at radius 1 is 1.15 bits per heavy atom. The van der Waals surface area contributed by atoms with Crippen molar-refractivity contribution in [1.29, 1.82) is 0 Å². The van der Waals surface area contributed by atoms with Gasteiger partial charge in [0.25, 0.3) is 0 Å². The van der Waals surface area contributed by atoms with Crippen molar-refractivity contribution in [3.63, 3.8) is 0 Å². The molecule has 6 heteroatoms. The van der Waals surface area contributed by atoms with E-state index in [1.807, 2.05) is 4.90 Å². The summed E-state index contributed by atoms with van der Waals surface area (Å²) < 4.78 is 0. The van der Waals surface area contributed by atoms with Crippen molar-refractivity contribution >= 4 is 35.8 Å². The monoisotopic (exact) mass is 482 g/mol. The number of nitrogens with zero attached hydrogens (tertiary/aromatic N) is 2. The highest BCUT2D eigenvalue weighted by Crippen LogP contribution is 2.21. The minimum atomic E-state index is 0. The van der Waals surface area contributed by atoms with Gasteiger partial charge in [-0.05, 0) is 43.6 Å². The molecule has 0 aromatic heterocycles. The molecule has 0 spiro atoms. The van der Waals surface area contributed by atoms with E-state index in [0.717, 1.165) is 45.2 Å². The van der Waals surface area contributed by atoms with E-state index in [9.17, 15) is 4.79 Å². The van der Waals surface area contributed by atoms with E-state index in [2.05, 4.69) is 58.1 Å². The number of nitrogens with one attached hydrogen (secondary N) is 2. The van der Waals surface area contributed by atoms with Crippen LogP contribution >= 0.6 is 24.0 Å². The SMILES string of the molecule is CN=C(NCC(=O)N1CCC(Cc2ccccc2)CC1)NC1CC=CC1.I. The van der Waals surface area contributed by atoms with E-state index in [1.165, 1.54) is 5.56 Å². The Bertz CT molecular complexity index is 631. The highest BCUT2D eigenvalue weighted by Gasteiger charge is 2.23. The number of likely N-dealkylation sites (tertiary alicyclic amines) is 1. The Morgan fingerprint density at radius 3 is 2.44 bits per heavy atom. The molecular weight excluding hydrogens is 451 g/mol. The number of rotatable bonds is 5. The van der Waals surface area contributed by atoms with Gasteiger partial charge in [0, 0.05) is 26.2 Å². The molecule has 1 heterocycles. The largest absolute Gasteiger partial charge is 0.353 e. The van der Waals surface area contributed by atoms with Crippen LogP contribution in [0.5, 0.6) is 0 Å². The molecule has 0 atom stereocenters. The molecule has 0 radical (unpaired) electrons. The number of aliphatic imine (C=N–C) groups is 1. The van der Waals surface area contributed by atoms with Crippen LogP contribution in [-0.2, 0) is 11.2 Å². The van der Waals surface area contributed by atoms with Gasteiger partial charge in [-0.25, -0.2) is 0 Å². The van der Waals surface area contributed by atoms with E-state index in [0.29, 0.717) is 24.5 Å². The molecule has 0 unspecified atom stereocenters. The number of amides is 1. The summed E-state index contributed by atoms with van der Waals surface area (Å²) in [7, 11) is 1.75. The third-order valence-corrected chi connectivity index (χ3v) is 5.31. The standard InChI is InChI=1S/C21H30N4O.HI/c1-22-21(24-19-9-5-6-10-19)23-16-20(26)25-13-11-18(12-14-25)15-17-7-3-2-4-8-17;/h2-8,18-19H,9-16H2,1H3,(H2,22,23,24);1H. The molecule has 1 aromatic rings. The zero-order chi connectivity index (χ0) is 18.2. The summed E-state index contributed by atoms with van der Waals surface area (Å²) in [5.74, 6) is 1.56. The van der Waals surface area contributed by atoms with Crippen LogP contribution in [0.1, 0.15) is 31.2 Å². The Morgan fingerprint density at radius 2 is 1.81 bits per heavy atom. The number of hydrogen-bond donors (Lipinski definition) is 2. The maximum absolute atomic E-state index is 12.5. The normalized spacial score (nSPS) is 18.3. The molecule has 1 aromatic carbocycles. The highest BCUT2D eigenvalue weighted by atomic mass is 127. The number of carbonyl (C=O) groups is 1. The number of guanidine groups is 1. The Labute approximate surface area is 179 Å². The number of hydrogen-bond acceptors (Lipinski definition) is 2. The van der Waals surface area contributed by atoms with Crippen molar-refractivity contribution in [3.8, 4) is 0 Å². The predicted molar refractivity (Wildman–Crippen MR) is 122 cm³/mol. The Balaban J connectivity index is 0.00000261. The summed E-state index contributed by atoms with van der Waals surface area (Å²) in [6.45, 7) is 2.02. The lowest BCUT2D eigenvalue weighted by atomic mass is 9.90. The minimum Gasteiger partial charge on any atom is -0.353 e. The van der Waals surface area contributed by atoms with Crippen molar-refractivity contribution in [2.24, 2.45) is 10.9 Å². The van der Waals surface area contributed by atoms with Crippen LogP contribution in [0.3, 0.4) is 0 Å². The first-order chi connectivity index (χ1) is 12.7. The van der Waals surface area contributed by atoms with Crippen molar-refractivity contribution in [3.05, 3.63) is 48.0 Å². The number of benzene rings is 1. The molecule has 148 valence electrons. The Hall–Kier alpha value is -1.57. The topological polar surface area (TPSA) is 56.7 Å². The average molecular weight is 482 g/mol. The fraction of sp³-hybridized carbons (Fsp3) is 0.524. The number of carbonyl (C=O) groups excluding carboxylic acids is 1. The third kappa shape index (κ3) is 6.83. The molecule has 1 aliphatic carbocycles. The van der Waals surface area contributed by atoms with Gasteiger partial charge in [-0.2, -0.15) is 0 Å². The summed E-state index contributed by atoms with van der Waals surface area (Å²) in [4.78, 5) is 18.7. The molecule has 27 heavy (non-hydrogen) atoms. The molecule has 2 aliphatic rings. The molecule has 1 fully saturated rings. The predicted octanol–water partition coefficient (Wildman–Crippen LogP) is 2.97. The first-order valence-electron chi connectivity index (χ1n) is 9.68. The summed E-state index contributed by atoms with van der Waals surface area (Å²) >= 11 is 0. The van der Waals surface area contributed by atoms with Gasteiger partial charge in [-0.1, -0.05) is 42.5 Å². The van der Waals surface area contributed by atoms with Crippen molar-refractivity contribution in [2.45, 2.75) is 38.1 Å². The maximum Gasteiger partial charge on any atom is 0.241 e. The summed E-state index contributed by atoms with van der Waals surface area (Å²) in [5.41, 5.74) is 1.40. The van der Waals surface area contributed by atoms with Crippen LogP contribution < -0.4 is 10.6 Å². The fourth-order valence-corrected chi connectivity index (χ4v) is 3.73. The second kappa shape index (κ2) is 11.3. The first kappa shape index (κ1) is 21.7. The highest BCUT2D eigenvalue weighted by molar-refractivity contribution is 14.0. The van der Waals surface area contributed by atoms with Gasteiger partial charge in [0.15, 0.2) is 5.96 Å². The zero-order valence-electron chi connectivity index (χ0n) is 16.1. The third-order valence-electron chi connectivity index (χ3n) is 5.31. The molecule has 1 aliphatic heterocycles. The molecule has 1 amide bonds. The lowest BCUT2D eigenvalue weighted by molar-refractivity contribution is -0.131. The van der Waals surface area contributed by atoms with Crippen molar-refractivity contribution in [1.82, 2.24) is 15.5 Å². The van der Waals surface area contributed by atoms with Crippen LogP contribution in [0, 0.1) is 5.92 Å². The summed E-state index contributed by atoms with van der Waals surface area (Å²) in [6.07, 6.45) is 9.67. The van der Waals surface area contributed by atoms with Crippen LogP contribution in [0.15, 0.2) is 47.5 Å². The zero-order valence-corrected chi connectivity index (χ0v) is 18.4. The smallest absolute Gasteiger partial charge is 0.241 e. The molecule has 5 nitrogen and oxygen atoms in total. The second-order valence-corrected chi connectivity index (χ2v) is 7.22. The van der Waals surface area contributed by atoms with Crippen LogP contribution in [0.4, 0.5) is 0 Å². The first-order valence-corrected chi connectivity index (χ1v) is 9.68. The fourth-order valence-electron chi connectivity index (χ4n) is 3.73. The molecule has 0 saturated carbocycles. The Kier molecular flexibility index (Phi) is 9.10. The molecule has 0 bridgehead atoms. The van der Waals surface area contributed by atoms with E-state index >= 15 is 0 Å². The van der Waals surface area contributed by atoms with E-state index < -0.39 is 0 Å². The summed E-state index contributed by atoms with van der Waals surface area (Å²) in [5, 5.41) is 6.53. The van der Waals surface area contributed by atoms with Gasteiger partial charge in [0.2, 0.25) is 5.91 Å². The molecule has 1 saturated heterocycles. The lowest BCUT2D eigenvalue weighted by Gasteiger charge is -2.32. The van der Waals surface area contributed by atoms with Gasteiger partial charge in [0.05, 0.1) is 6.54 Å². The van der Waals surface area contributed by atoms with Crippen molar-refractivity contribution in [2.75, 3.05) is 26.7 Å². The number of piperidine rings is 1. The number of halogens is 1. The van der Waals surface area contributed by atoms with Gasteiger partial charge >= 0.3 is 0 Å². The second-order valence-electron chi connectivity index (χ2n) is 7.22. The lowest BCUT2D eigenvalue weighted by Crippen LogP contribution is -2.48. The quantitative estimate of drug-likeness (QED) is 0.294. The maximum atomic E-state index is 12.5. The molecule has 3 rings (SSSR count). The average Bonchev–Trinajstić information content (AvgIpc) is 3.19. The van der Waals surface area contributed by atoms with Gasteiger partial charge in [-0.3, -0.25) is 9.79 Å². The molecular formula is C21H31IN4O. The van der Waals surface area contributed by atoms with Crippen LogP contribution in [-0.4, -0.2) is 49.5 Å². The van der Waals surface area contributed by atoms with E-state index in [4.69, 9.17) is 0 Å². The molecule has 2 N–H and O–H groups in total.